The minimum atomic E-state index is -4.64. The normalized spacial score (nSPS) is 15.1. The quantitative estimate of drug-likeness (QED) is 0.362. The number of benzene rings is 2. The molecule has 13 heteroatoms. The van der Waals surface area contributed by atoms with E-state index < -0.39 is 35.3 Å². The number of hydrogen-bond donors (Lipinski definition) is 2. The summed E-state index contributed by atoms with van der Waals surface area (Å²) in [5.74, 6) is -1.56. The molecule has 3 amide bonds. The minimum absolute atomic E-state index is 0.0220. The number of hydrogen-bond acceptors (Lipinski definition) is 7. The number of ether oxygens (including phenoxy) is 2. The maximum Gasteiger partial charge on any atom is 0.416 e. The highest BCUT2D eigenvalue weighted by Crippen LogP contribution is 2.37. The molecule has 0 spiro atoms. The Labute approximate surface area is 209 Å². The van der Waals surface area contributed by atoms with Gasteiger partial charge in [0.05, 0.1) is 33.9 Å². The number of carbonyl (C=O) groups is 3. The largest absolute Gasteiger partial charge is 0.504 e. The molecule has 1 aliphatic rings. The number of phenolic OH excluding ortho intramolecular Hbond substituents is 1. The Morgan fingerprint density at radius 1 is 1.18 bits per heavy atom. The molecule has 1 aliphatic heterocycles. The summed E-state index contributed by atoms with van der Waals surface area (Å²) in [6, 6.07) is 5.59. The Morgan fingerprint density at radius 3 is 2.47 bits per heavy atom. The van der Waals surface area contributed by atoms with E-state index in [9.17, 15) is 32.7 Å². The number of aromatic hydroxyl groups is 1. The molecular weight excluding hydrogens is 592 g/mol. The second-order valence-corrected chi connectivity index (χ2v) is 8.94. The Morgan fingerprint density at radius 2 is 1.85 bits per heavy atom. The SMILES string of the molecule is COc1ccc(C(F)(F)F)cc1NC(=O)CN1C(=O)S/C(=C\c2cc(I)c(O)c(OC)c2)C1=O. The van der Waals surface area contributed by atoms with Gasteiger partial charge >= 0.3 is 6.18 Å². The van der Waals surface area contributed by atoms with Gasteiger partial charge in [-0.15, -0.1) is 0 Å². The van der Waals surface area contributed by atoms with Crippen LogP contribution in [0.3, 0.4) is 0 Å². The number of nitrogens with zero attached hydrogens (tertiary/aromatic N) is 1. The molecular formula is C21H16F3IN2O6S. The number of imide groups is 1. The third kappa shape index (κ3) is 5.58. The molecule has 1 fully saturated rings. The molecule has 2 aromatic carbocycles. The number of rotatable bonds is 6. The van der Waals surface area contributed by atoms with E-state index in [1.54, 1.807) is 6.07 Å². The molecule has 34 heavy (non-hydrogen) atoms. The summed E-state index contributed by atoms with van der Waals surface area (Å²) in [6.45, 7) is -0.710. The maximum atomic E-state index is 13.0. The zero-order valence-electron chi connectivity index (χ0n) is 17.5. The first-order valence-corrected chi connectivity index (χ1v) is 11.2. The molecule has 0 bridgehead atoms. The van der Waals surface area contributed by atoms with E-state index in [2.05, 4.69) is 5.32 Å². The fourth-order valence-electron chi connectivity index (χ4n) is 2.94. The highest BCUT2D eigenvalue weighted by Gasteiger charge is 2.37. The number of phenols is 1. The van der Waals surface area contributed by atoms with Crippen LogP contribution in [0.5, 0.6) is 17.2 Å². The van der Waals surface area contributed by atoms with Crippen molar-refractivity contribution in [2.45, 2.75) is 6.18 Å². The molecule has 0 aliphatic carbocycles. The zero-order valence-corrected chi connectivity index (χ0v) is 20.5. The topological polar surface area (TPSA) is 105 Å². The van der Waals surface area contributed by atoms with Gasteiger partial charge in [0.1, 0.15) is 12.3 Å². The van der Waals surface area contributed by atoms with Crippen LogP contribution in [-0.4, -0.2) is 47.8 Å². The van der Waals surface area contributed by atoms with Gasteiger partial charge in [0.15, 0.2) is 11.5 Å². The molecule has 0 atom stereocenters. The van der Waals surface area contributed by atoms with Crippen LogP contribution in [0.15, 0.2) is 35.2 Å². The molecule has 2 aromatic rings. The molecule has 0 radical (unpaired) electrons. The van der Waals surface area contributed by atoms with Crippen molar-refractivity contribution in [2.75, 3.05) is 26.1 Å². The first-order chi connectivity index (χ1) is 15.9. The summed E-state index contributed by atoms with van der Waals surface area (Å²) in [4.78, 5) is 38.2. The van der Waals surface area contributed by atoms with Crippen LogP contribution in [0.4, 0.5) is 23.7 Å². The molecule has 1 heterocycles. The summed E-state index contributed by atoms with van der Waals surface area (Å²) in [7, 11) is 2.58. The number of nitrogens with one attached hydrogen (secondary N) is 1. The van der Waals surface area contributed by atoms with Crippen LogP contribution >= 0.6 is 34.4 Å². The van der Waals surface area contributed by atoms with Crippen molar-refractivity contribution >= 4 is 63.2 Å². The lowest BCUT2D eigenvalue weighted by Gasteiger charge is -2.16. The summed E-state index contributed by atoms with van der Waals surface area (Å²) in [5, 5.41) is 11.5. The Balaban J connectivity index is 1.78. The number of amides is 3. The Kier molecular flexibility index (Phi) is 7.65. The van der Waals surface area contributed by atoms with Gasteiger partial charge in [0.25, 0.3) is 11.1 Å². The van der Waals surface area contributed by atoms with Gasteiger partial charge in [-0.05, 0) is 76.3 Å². The van der Waals surface area contributed by atoms with Gasteiger partial charge in [-0.3, -0.25) is 19.3 Å². The molecule has 2 N–H and O–H groups in total. The second-order valence-electron chi connectivity index (χ2n) is 6.78. The van der Waals surface area contributed by atoms with Gasteiger partial charge in [-0.1, -0.05) is 0 Å². The van der Waals surface area contributed by atoms with Crippen LogP contribution in [0, 0.1) is 3.57 Å². The van der Waals surface area contributed by atoms with Crippen molar-refractivity contribution in [3.8, 4) is 17.2 Å². The van der Waals surface area contributed by atoms with Crippen molar-refractivity contribution in [3.05, 3.63) is 49.9 Å². The average molecular weight is 608 g/mol. The van der Waals surface area contributed by atoms with E-state index >= 15 is 0 Å². The monoisotopic (exact) mass is 608 g/mol. The number of alkyl halides is 3. The van der Waals surface area contributed by atoms with Crippen LogP contribution in [0.25, 0.3) is 6.08 Å². The first kappa shape index (κ1) is 25.7. The van der Waals surface area contributed by atoms with Gasteiger partial charge in [-0.2, -0.15) is 13.2 Å². The van der Waals surface area contributed by atoms with Gasteiger partial charge in [0, 0.05) is 0 Å². The summed E-state index contributed by atoms with van der Waals surface area (Å²) < 4.78 is 49.5. The lowest BCUT2D eigenvalue weighted by molar-refractivity contribution is -0.137. The lowest BCUT2D eigenvalue weighted by atomic mass is 10.1. The van der Waals surface area contributed by atoms with Gasteiger partial charge in [-0.25, -0.2) is 0 Å². The van der Waals surface area contributed by atoms with E-state index in [1.165, 1.54) is 26.4 Å². The number of halogens is 4. The van der Waals surface area contributed by atoms with Crippen LogP contribution in [0.1, 0.15) is 11.1 Å². The zero-order chi connectivity index (χ0) is 25.2. The van der Waals surface area contributed by atoms with Crippen LogP contribution in [0.2, 0.25) is 0 Å². The lowest BCUT2D eigenvalue weighted by Crippen LogP contribution is -2.36. The fourth-order valence-corrected chi connectivity index (χ4v) is 4.40. The van der Waals surface area contributed by atoms with E-state index in [-0.39, 0.29) is 27.8 Å². The van der Waals surface area contributed by atoms with Crippen molar-refractivity contribution in [2.24, 2.45) is 0 Å². The Hall–Kier alpha value is -2.94. The van der Waals surface area contributed by atoms with E-state index in [0.29, 0.717) is 31.9 Å². The molecule has 0 unspecified atom stereocenters. The maximum absolute atomic E-state index is 13.0. The molecule has 0 saturated carbocycles. The first-order valence-electron chi connectivity index (χ1n) is 9.31. The van der Waals surface area contributed by atoms with E-state index in [1.807, 2.05) is 22.6 Å². The molecule has 0 aromatic heterocycles. The number of methoxy groups -OCH3 is 2. The third-order valence-electron chi connectivity index (χ3n) is 4.54. The highest BCUT2D eigenvalue weighted by molar-refractivity contribution is 14.1. The van der Waals surface area contributed by atoms with Crippen molar-refractivity contribution in [1.29, 1.82) is 0 Å². The second kappa shape index (κ2) is 10.1. The van der Waals surface area contributed by atoms with Crippen molar-refractivity contribution in [1.82, 2.24) is 4.90 Å². The summed E-state index contributed by atoms with van der Waals surface area (Å²) >= 11 is 2.48. The average Bonchev–Trinajstić information content (AvgIpc) is 3.02. The van der Waals surface area contributed by atoms with E-state index in [0.717, 1.165) is 12.1 Å². The van der Waals surface area contributed by atoms with E-state index in [4.69, 9.17) is 9.47 Å². The Bertz CT molecular complexity index is 1200. The predicted octanol–water partition coefficient (Wildman–Crippen LogP) is 4.71. The predicted molar refractivity (Wildman–Crippen MR) is 127 cm³/mol. The number of thioether (sulfide) groups is 1. The molecule has 1 saturated heterocycles. The standard InChI is InChI=1S/C21H16F3IN2O6S/c1-32-14-4-3-11(21(22,23)24)8-13(14)26-17(28)9-27-19(30)16(34-20(27)31)7-10-5-12(25)18(29)15(6-10)33-2/h3-8,29H,9H2,1-2H3,(H,26,28)/b16-7-. The van der Waals surface area contributed by atoms with Crippen molar-refractivity contribution in [3.63, 3.8) is 0 Å². The van der Waals surface area contributed by atoms with Gasteiger partial charge < -0.3 is 19.9 Å². The van der Waals surface area contributed by atoms with Crippen LogP contribution in [-0.2, 0) is 15.8 Å². The van der Waals surface area contributed by atoms with Gasteiger partial charge in [0.2, 0.25) is 5.91 Å². The highest BCUT2D eigenvalue weighted by atomic mass is 127. The smallest absolute Gasteiger partial charge is 0.416 e. The fraction of sp³-hybridized carbons (Fsp3) is 0.190. The number of carbonyl (C=O) groups excluding carboxylic acids is 3. The third-order valence-corrected chi connectivity index (χ3v) is 6.27. The van der Waals surface area contributed by atoms with Crippen LogP contribution < -0.4 is 14.8 Å². The number of anilines is 1. The van der Waals surface area contributed by atoms with Crippen molar-refractivity contribution < 1.29 is 42.1 Å². The molecule has 8 nitrogen and oxygen atoms in total. The molecule has 3 rings (SSSR count). The summed E-state index contributed by atoms with van der Waals surface area (Å²) in [6.07, 6.45) is -3.24. The summed E-state index contributed by atoms with van der Waals surface area (Å²) in [5.41, 5.74) is -0.782. The molecule has 180 valence electrons. The minimum Gasteiger partial charge on any atom is -0.504 e.